The van der Waals surface area contributed by atoms with Gasteiger partial charge in [0.2, 0.25) is 0 Å². The van der Waals surface area contributed by atoms with Gasteiger partial charge in [-0.15, -0.1) is 0 Å². The molecule has 0 aromatic carbocycles. The molecular formula is C9H15NO2. The lowest BCUT2D eigenvalue weighted by molar-refractivity contribution is -0.140. The highest BCUT2D eigenvalue weighted by Gasteiger charge is 2.51. The first-order chi connectivity index (χ1) is 5.83. The lowest BCUT2D eigenvalue weighted by atomic mass is 10.1. The molecule has 1 saturated carbocycles. The molecule has 1 aliphatic carbocycles. The van der Waals surface area contributed by atoms with Crippen molar-refractivity contribution < 1.29 is 9.53 Å². The van der Waals surface area contributed by atoms with Crippen molar-refractivity contribution in [3.63, 3.8) is 0 Å². The van der Waals surface area contributed by atoms with Crippen molar-refractivity contribution in [1.82, 2.24) is 5.32 Å². The zero-order valence-corrected chi connectivity index (χ0v) is 7.38. The summed E-state index contributed by atoms with van der Waals surface area (Å²) < 4.78 is 4.60. The highest BCUT2D eigenvalue weighted by Crippen LogP contribution is 2.51. The first kappa shape index (κ1) is 8.05. The fraction of sp³-hybridized carbons (Fsp3) is 0.889. The van der Waals surface area contributed by atoms with Crippen LogP contribution in [0.5, 0.6) is 0 Å². The summed E-state index contributed by atoms with van der Waals surface area (Å²) >= 11 is 0. The molecule has 2 aliphatic rings. The average molecular weight is 169 g/mol. The van der Waals surface area contributed by atoms with E-state index in [1.807, 2.05) is 0 Å². The monoisotopic (exact) mass is 169 g/mol. The number of rotatable bonds is 3. The predicted octanol–water partition coefficient (Wildman–Crippen LogP) is 0.405. The summed E-state index contributed by atoms with van der Waals surface area (Å²) in [7, 11) is 1.46. The fourth-order valence-corrected chi connectivity index (χ4v) is 2.36. The zero-order valence-electron chi connectivity index (χ0n) is 7.38. The number of carbonyl (C=O) groups is 1. The van der Waals surface area contributed by atoms with Crippen molar-refractivity contribution in [2.75, 3.05) is 20.2 Å². The van der Waals surface area contributed by atoms with E-state index in [0.717, 1.165) is 37.3 Å². The molecule has 2 atom stereocenters. The molecule has 12 heavy (non-hydrogen) atoms. The lowest BCUT2D eigenvalue weighted by Gasteiger charge is -2.02. The molecule has 0 spiro atoms. The van der Waals surface area contributed by atoms with Crippen LogP contribution in [0.25, 0.3) is 0 Å². The van der Waals surface area contributed by atoms with E-state index in [2.05, 4.69) is 10.1 Å². The molecule has 0 aromatic heterocycles. The third-order valence-corrected chi connectivity index (χ3v) is 3.18. The Morgan fingerprint density at radius 2 is 2.17 bits per heavy atom. The van der Waals surface area contributed by atoms with E-state index in [1.165, 1.54) is 7.11 Å². The van der Waals surface area contributed by atoms with E-state index in [9.17, 15) is 4.79 Å². The van der Waals surface area contributed by atoms with Crippen LogP contribution in [0.1, 0.15) is 12.8 Å². The van der Waals surface area contributed by atoms with E-state index < -0.39 is 0 Å². The number of hydrogen-bond acceptors (Lipinski definition) is 3. The summed E-state index contributed by atoms with van der Waals surface area (Å²) in [6.45, 7) is 2.33. The molecule has 2 rings (SSSR count). The Morgan fingerprint density at radius 3 is 2.75 bits per heavy atom. The third-order valence-electron chi connectivity index (χ3n) is 3.18. The molecule has 1 aliphatic heterocycles. The Hall–Kier alpha value is -0.570. The Labute approximate surface area is 72.5 Å². The molecule has 3 heteroatoms. The second-order valence-electron chi connectivity index (χ2n) is 3.76. The van der Waals surface area contributed by atoms with E-state index in [4.69, 9.17) is 0 Å². The number of hydrogen-bond donors (Lipinski definition) is 1. The maximum absolute atomic E-state index is 10.8. The number of piperidine rings is 1. The van der Waals surface area contributed by atoms with Crippen molar-refractivity contribution in [2.24, 2.45) is 17.8 Å². The minimum Gasteiger partial charge on any atom is -0.469 e. The van der Waals surface area contributed by atoms with Crippen LogP contribution in [0, 0.1) is 17.8 Å². The van der Waals surface area contributed by atoms with Crippen LogP contribution in [0.4, 0.5) is 0 Å². The SMILES string of the molecule is COC(=O)CCC1C2CNCC12. The minimum atomic E-state index is -0.0621. The molecule has 0 bridgehead atoms. The highest BCUT2D eigenvalue weighted by atomic mass is 16.5. The molecule has 1 N–H and O–H groups in total. The molecule has 1 heterocycles. The minimum absolute atomic E-state index is 0.0621. The summed E-state index contributed by atoms with van der Waals surface area (Å²) in [6.07, 6.45) is 1.64. The Bertz CT molecular complexity index is 183. The van der Waals surface area contributed by atoms with Gasteiger partial charge in [0, 0.05) is 6.42 Å². The van der Waals surface area contributed by atoms with Gasteiger partial charge in [-0.05, 0) is 37.3 Å². The van der Waals surface area contributed by atoms with Gasteiger partial charge in [-0.25, -0.2) is 0 Å². The van der Waals surface area contributed by atoms with Crippen LogP contribution in [0.3, 0.4) is 0 Å². The summed E-state index contributed by atoms with van der Waals surface area (Å²) in [5.74, 6) is 2.49. The van der Waals surface area contributed by atoms with Gasteiger partial charge < -0.3 is 10.1 Å². The Balaban J connectivity index is 1.67. The van der Waals surface area contributed by atoms with Crippen LogP contribution in [-0.2, 0) is 9.53 Å². The van der Waals surface area contributed by atoms with Crippen LogP contribution in [-0.4, -0.2) is 26.2 Å². The maximum Gasteiger partial charge on any atom is 0.305 e. The topological polar surface area (TPSA) is 38.3 Å². The van der Waals surface area contributed by atoms with Gasteiger partial charge in [0.15, 0.2) is 0 Å². The number of nitrogens with one attached hydrogen (secondary N) is 1. The molecule has 3 nitrogen and oxygen atoms in total. The molecule has 0 aromatic rings. The molecule has 0 amide bonds. The summed E-state index contributed by atoms with van der Waals surface area (Å²) in [5, 5.41) is 3.34. The van der Waals surface area contributed by atoms with E-state index in [0.29, 0.717) is 6.42 Å². The zero-order chi connectivity index (χ0) is 8.55. The van der Waals surface area contributed by atoms with E-state index >= 15 is 0 Å². The Morgan fingerprint density at radius 1 is 1.50 bits per heavy atom. The van der Waals surface area contributed by atoms with Crippen LogP contribution >= 0.6 is 0 Å². The number of ether oxygens (including phenoxy) is 1. The van der Waals surface area contributed by atoms with Crippen molar-refractivity contribution in [3.05, 3.63) is 0 Å². The van der Waals surface area contributed by atoms with Crippen LogP contribution < -0.4 is 5.32 Å². The summed E-state index contributed by atoms with van der Waals surface area (Å²) in [4.78, 5) is 10.8. The standard InChI is InChI=1S/C9H15NO2/c1-12-9(11)3-2-6-7-4-10-5-8(6)7/h6-8,10H,2-5H2,1H3. The largest absolute Gasteiger partial charge is 0.469 e. The lowest BCUT2D eigenvalue weighted by Crippen LogP contribution is -2.15. The molecule has 1 saturated heterocycles. The van der Waals surface area contributed by atoms with Gasteiger partial charge >= 0.3 is 5.97 Å². The van der Waals surface area contributed by atoms with E-state index in [-0.39, 0.29) is 5.97 Å². The molecular weight excluding hydrogens is 154 g/mol. The number of methoxy groups -OCH3 is 1. The summed E-state index contributed by atoms with van der Waals surface area (Å²) in [5.41, 5.74) is 0. The average Bonchev–Trinajstić information content (AvgIpc) is 2.55. The normalized spacial score (nSPS) is 37.6. The van der Waals surface area contributed by atoms with Crippen molar-refractivity contribution in [1.29, 1.82) is 0 Å². The predicted molar refractivity (Wildman–Crippen MR) is 44.6 cm³/mol. The van der Waals surface area contributed by atoms with Gasteiger partial charge in [0.05, 0.1) is 7.11 Å². The quantitative estimate of drug-likeness (QED) is 0.622. The van der Waals surface area contributed by atoms with Crippen molar-refractivity contribution in [2.45, 2.75) is 12.8 Å². The van der Waals surface area contributed by atoms with Crippen molar-refractivity contribution >= 4 is 5.97 Å². The van der Waals surface area contributed by atoms with Crippen LogP contribution in [0.15, 0.2) is 0 Å². The second kappa shape index (κ2) is 3.05. The maximum atomic E-state index is 10.8. The molecule has 2 unspecified atom stereocenters. The number of esters is 1. The van der Waals surface area contributed by atoms with Crippen molar-refractivity contribution in [3.8, 4) is 0 Å². The van der Waals surface area contributed by atoms with Crippen LogP contribution in [0.2, 0.25) is 0 Å². The molecule has 0 radical (unpaired) electrons. The first-order valence-corrected chi connectivity index (χ1v) is 4.60. The first-order valence-electron chi connectivity index (χ1n) is 4.60. The number of carbonyl (C=O) groups excluding carboxylic acids is 1. The third kappa shape index (κ3) is 1.33. The Kier molecular flexibility index (Phi) is 2.05. The molecule has 68 valence electrons. The number of fused-ring (bicyclic) bond motifs is 1. The van der Waals surface area contributed by atoms with Gasteiger partial charge in [0.1, 0.15) is 0 Å². The van der Waals surface area contributed by atoms with Gasteiger partial charge in [-0.2, -0.15) is 0 Å². The van der Waals surface area contributed by atoms with Gasteiger partial charge in [-0.1, -0.05) is 0 Å². The molecule has 2 fully saturated rings. The smallest absolute Gasteiger partial charge is 0.305 e. The van der Waals surface area contributed by atoms with Gasteiger partial charge in [-0.3, -0.25) is 4.79 Å². The fourth-order valence-electron chi connectivity index (χ4n) is 2.36. The van der Waals surface area contributed by atoms with E-state index in [1.54, 1.807) is 0 Å². The second-order valence-corrected chi connectivity index (χ2v) is 3.76. The van der Waals surface area contributed by atoms with Gasteiger partial charge in [0.25, 0.3) is 0 Å². The summed E-state index contributed by atoms with van der Waals surface area (Å²) in [6, 6.07) is 0. The highest BCUT2D eigenvalue weighted by molar-refractivity contribution is 5.69.